The van der Waals surface area contributed by atoms with Crippen LogP contribution in [0.15, 0.2) is 48.8 Å². The number of carbonyl (C=O) groups excluding carboxylic acids is 2. The summed E-state index contributed by atoms with van der Waals surface area (Å²) in [5.74, 6) is 0.383. The van der Waals surface area contributed by atoms with Crippen LogP contribution in [0.3, 0.4) is 0 Å². The van der Waals surface area contributed by atoms with E-state index >= 15 is 0 Å². The van der Waals surface area contributed by atoms with E-state index < -0.39 is 11.7 Å². The molecule has 0 radical (unpaired) electrons. The predicted molar refractivity (Wildman–Crippen MR) is 106 cm³/mol. The molecular formula is C22H27N3O3. The van der Waals surface area contributed by atoms with Gasteiger partial charge in [0, 0.05) is 31.4 Å². The Morgan fingerprint density at radius 1 is 1.07 bits per heavy atom. The van der Waals surface area contributed by atoms with Crippen LogP contribution in [-0.2, 0) is 22.6 Å². The van der Waals surface area contributed by atoms with Gasteiger partial charge in [-0.15, -0.1) is 0 Å². The number of alkyl carbamates (subject to hydrolysis) is 1. The molecule has 0 spiro atoms. The SMILES string of the molecule is CC(C)(C)OC(=O)NCc1ccc([C@@H]2C[C@H]2C(=O)NCc2cccnc2)cc1. The first-order valence-corrected chi connectivity index (χ1v) is 9.54. The Balaban J connectivity index is 1.44. The van der Waals surface area contributed by atoms with Crippen LogP contribution >= 0.6 is 0 Å². The number of amides is 2. The topological polar surface area (TPSA) is 80.3 Å². The first kappa shape index (κ1) is 19.9. The standard InChI is InChI=1S/C22H27N3O3/c1-22(2,3)28-21(27)25-13-15-6-8-17(9-7-15)18-11-19(18)20(26)24-14-16-5-4-10-23-12-16/h4-10,12,18-19H,11,13-14H2,1-3H3,(H,24,26)(H,25,27)/t18-,19+/m0/s1. The number of pyridine rings is 1. The number of nitrogens with zero attached hydrogens (tertiary/aromatic N) is 1. The number of nitrogens with one attached hydrogen (secondary N) is 2. The van der Waals surface area contributed by atoms with Gasteiger partial charge >= 0.3 is 6.09 Å². The van der Waals surface area contributed by atoms with Gasteiger partial charge in [-0.3, -0.25) is 9.78 Å². The molecule has 2 amide bonds. The van der Waals surface area contributed by atoms with Crippen molar-refractivity contribution in [1.29, 1.82) is 0 Å². The second-order valence-corrected chi connectivity index (χ2v) is 8.12. The zero-order valence-electron chi connectivity index (χ0n) is 16.6. The molecule has 1 aliphatic rings. The average Bonchev–Trinajstić information content (AvgIpc) is 3.45. The third kappa shape index (κ3) is 5.81. The van der Waals surface area contributed by atoms with E-state index in [0.717, 1.165) is 23.1 Å². The van der Waals surface area contributed by atoms with Crippen molar-refractivity contribution in [3.63, 3.8) is 0 Å². The Bertz CT molecular complexity index is 813. The lowest BCUT2D eigenvalue weighted by Gasteiger charge is -2.19. The van der Waals surface area contributed by atoms with Crippen molar-refractivity contribution < 1.29 is 14.3 Å². The van der Waals surface area contributed by atoms with E-state index in [2.05, 4.69) is 15.6 Å². The Labute approximate surface area is 165 Å². The van der Waals surface area contributed by atoms with Crippen molar-refractivity contribution in [3.8, 4) is 0 Å². The summed E-state index contributed by atoms with van der Waals surface area (Å²) in [6, 6.07) is 11.8. The Kier molecular flexibility index (Phi) is 5.97. The summed E-state index contributed by atoms with van der Waals surface area (Å²) in [5, 5.41) is 5.73. The molecule has 2 N–H and O–H groups in total. The molecule has 1 aromatic heterocycles. The van der Waals surface area contributed by atoms with Gasteiger partial charge in [0.2, 0.25) is 5.91 Å². The fraction of sp³-hybridized carbons (Fsp3) is 0.409. The molecule has 1 aromatic carbocycles. The van der Waals surface area contributed by atoms with Crippen LogP contribution in [-0.4, -0.2) is 22.6 Å². The maximum absolute atomic E-state index is 12.3. The molecule has 1 fully saturated rings. The summed E-state index contributed by atoms with van der Waals surface area (Å²) in [4.78, 5) is 28.1. The van der Waals surface area contributed by atoms with Crippen molar-refractivity contribution in [2.24, 2.45) is 5.92 Å². The second kappa shape index (κ2) is 8.42. The Morgan fingerprint density at radius 2 is 1.79 bits per heavy atom. The van der Waals surface area contributed by atoms with Crippen molar-refractivity contribution in [2.45, 2.75) is 51.8 Å². The van der Waals surface area contributed by atoms with Gasteiger partial charge in [0.25, 0.3) is 0 Å². The van der Waals surface area contributed by atoms with Crippen molar-refractivity contribution in [3.05, 3.63) is 65.5 Å². The first-order valence-electron chi connectivity index (χ1n) is 9.54. The molecule has 0 aliphatic heterocycles. The summed E-state index contributed by atoms with van der Waals surface area (Å²) in [5.41, 5.74) is 2.64. The summed E-state index contributed by atoms with van der Waals surface area (Å²) in [7, 11) is 0. The van der Waals surface area contributed by atoms with E-state index in [1.54, 1.807) is 12.4 Å². The highest BCUT2D eigenvalue weighted by molar-refractivity contribution is 5.82. The van der Waals surface area contributed by atoms with Crippen LogP contribution in [0.4, 0.5) is 4.79 Å². The minimum atomic E-state index is -0.507. The molecule has 1 heterocycles. The molecule has 0 bridgehead atoms. The zero-order valence-corrected chi connectivity index (χ0v) is 16.6. The number of rotatable bonds is 6. The van der Waals surface area contributed by atoms with Crippen molar-refractivity contribution in [2.75, 3.05) is 0 Å². The van der Waals surface area contributed by atoms with E-state index in [9.17, 15) is 9.59 Å². The lowest BCUT2D eigenvalue weighted by Crippen LogP contribution is -2.32. The molecule has 1 aliphatic carbocycles. The molecule has 28 heavy (non-hydrogen) atoms. The lowest BCUT2D eigenvalue weighted by molar-refractivity contribution is -0.122. The maximum Gasteiger partial charge on any atom is 0.407 e. The van der Waals surface area contributed by atoms with Crippen LogP contribution in [0.2, 0.25) is 0 Å². The molecule has 6 heteroatoms. The van der Waals surface area contributed by atoms with Crippen LogP contribution in [0.1, 0.15) is 49.8 Å². The van der Waals surface area contributed by atoms with E-state index in [-0.39, 0.29) is 17.7 Å². The monoisotopic (exact) mass is 381 g/mol. The van der Waals surface area contributed by atoms with Gasteiger partial charge < -0.3 is 15.4 Å². The van der Waals surface area contributed by atoms with Crippen molar-refractivity contribution in [1.82, 2.24) is 15.6 Å². The highest BCUT2D eigenvalue weighted by atomic mass is 16.6. The summed E-state index contributed by atoms with van der Waals surface area (Å²) in [6.45, 7) is 6.42. The molecule has 0 saturated heterocycles. The van der Waals surface area contributed by atoms with Crippen LogP contribution in [0.25, 0.3) is 0 Å². The number of carbonyl (C=O) groups is 2. The Morgan fingerprint density at radius 3 is 2.43 bits per heavy atom. The molecule has 2 aromatic rings. The summed E-state index contributed by atoms with van der Waals surface area (Å²) >= 11 is 0. The minimum absolute atomic E-state index is 0.0300. The zero-order chi connectivity index (χ0) is 20.1. The molecule has 0 unspecified atom stereocenters. The van der Waals surface area contributed by atoms with Gasteiger partial charge in [0.1, 0.15) is 5.60 Å². The fourth-order valence-corrected chi connectivity index (χ4v) is 3.05. The smallest absolute Gasteiger partial charge is 0.407 e. The number of benzene rings is 1. The van der Waals surface area contributed by atoms with Crippen LogP contribution < -0.4 is 10.6 Å². The van der Waals surface area contributed by atoms with Gasteiger partial charge in [0.05, 0.1) is 0 Å². The first-order chi connectivity index (χ1) is 13.3. The molecule has 148 valence electrons. The van der Waals surface area contributed by atoms with Gasteiger partial charge in [-0.05, 0) is 55.9 Å². The van der Waals surface area contributed by atoms with Crippen LogP contribution in [0, 0.1) is 5.92 Å². The molecule has 3 rings (SSSR count). The van der Waals surface area contributed by atoms with E-state index in [4.69, 9.17) is 4.74 Å². The third-order valence-corrected chi connectivity index (χ3v) is 4.56. The summed E-state index contributed by atoms with van der Waals surface area (Å²) < 4.78 is 5.23. The third-order valence-electron chi connectivity index (χ3n) is 4.56. The summed E-state index contributed by atoms with van der Waals surface area (Å²) in [6.07, 6.45) is 3.92. The molecule has 1 saturated carbocycles. The average molecular weight is 381 g/mol. The quantitative estimate of drug-likeness (QED) is 0.802. The maximum atomic E-state index is 12.3. The second-order valence-electron chi connectivity index (χ2n) is 8.12. The molecular weight excluding hydrogens is 354 g/mol. The van der Waals surface area contributed by atoms with Gasteiger partial charge in [-0.2, -0.15) is 0 Å². The molecule has 6 nitrogen and oxygen atoms in total. The highest BCUT2D eigenvalue weighted by Crippen LogP contribution is 2.47. The fourth-order valence-electron chi connectivity index (χ4n) is 3.05. The Hall–Kier alpha value is -2.89. The predicted octanol–water partition coefficient (Wildman–Crippen LogP) is 3.53. The van der Waals surface area contributed by atoms with E-state index in [1.807, 2.05) is 57.2 Å². The van der Waals surface area contributed by atoms with Crippen LogP contribution in [0.5, 0.6) is 0 Å². The van der Waals surface area contributed by atoms with Crippen molar-refractivity contribution >= 4 is 12.0 Å². The lowest BCUT2D eigenvalue weighted by atomic mass is 10.1. The van der Waals surface area contributed by atoms with Gasteiger partial charge in [0.15, 0.2) is 0 Å². The number of hydrogen-bond donors (Lipinski definition) is 2. The largest absolute Gasteiger partial charge is 0.444 e. The minimum Gasteiger partial charge on any atom is -0.444 e. The number of ether oxygens (including phenoxy) is 1. The van der Waals surface area contributed by atoms with Gasteiger partial charge in [-0.25, -0.2) is 4.79 Å². The van der Waals surface area contributed by atoms with E-state index in [0.29, 0.717) is 13.1 Å². The normalized spacial score (nSPS) is 18.2. The number of aromatic nitrogens is 1. The highest BCUT2D eigenvalue weighted by Gasteiger charge is 2.43. The number of hydrogen-bond acceptors (Lipinski definition) is 4. The van der Waals surface area contributed by atoms with E-state index in [1.165, 1.54) is 0 Å². The molecule has 2 atom stereocenters. The van der Waals surface area contributed by atoms with Gasteiger partial charge in [-0.1, -0.05) is 30.3 Å².